The molecule has 1 rings (SSSR count). The SMILES string of the molecule is CCC(C)CCOC1CSCC1C(=O)O. The summed E-state index contributed by atoms with van der Waals surface area (Å²) in [5, 5.41) is 8.95. The van der Waals surface area contributed by atoms with E-state index < -0.39 is 5.97 Å². The molecule has 0 aromatic rings. The van der Waals surface area contributed by atoms with Crippen LogP contribution in [-0.2, 0) is 9.53 Å². The summed E-state index contributed by atoms with van der Waals surface area (Å²) in [7, 11) is 0. The number of rotatable bonds is 6. The first kappa shape index (κ1) is 12.8. The minimum Gasteiger partial charge on any atom is -0.481 e. The van der Waals surface area contributed by atoms with E-state index in [1.165, 1.54) is 0 Å². The van der Waals surface area contributed by atoms with Gasteiger partial charge >= 0.3 is 5.97 Å². The second-order valence-electron chi connectivity index (χ2n) is 4.19. The Labute approximate surface area is 95.6 Å². The van der Waals surface area contributed by atoms with Crippen LogP contribution in [-0.4, -0.2) is 35.3 Å². The molecule has 3 nitrogen and oxygen atoms in total. The van der Waals surface area contributed by atoms with Gasteiger partial charge in [0, 0.05) is 18.1 Å². The van der Waals surface area contributed by atoms with Gasteiger partial charge in [-0.15, -0.1) is 0 Å². The Morgan fingerprint density at radius 1 is 1.60 bits per heavy atom. The van der Waals surface area contributed by atoms with Crippen molar-refractivity contribution in [3.05, 3.63) is 0 Å². The molecule has 1 heterocycles. The molecular weight excluding hydrogens is 212 g/mol. The van der Waals surface area contributed by atoms with Crippen LogP contribution in [0.1, 0.15) is 26.7 Å². The lowest BCUT2D eigenvalue weighted by molar-refractivity contribution is -0.145. The van der Waals surface area contributed by atoms with Crippen molar-refractivity contribution in [2.45, 2.75) is 32.8 Å². The van der Waals surface area contributed by atoms with Crippen LogP contribution in [0, 0.1) is 11.8 Å². The van der Waals surface area contributed by atoms with E-state index >= 15 is 0 Å². The Morgan fingerprint density at radius 3 is 2.93 bits per heavy atom. The average Bonchev–Trinajstić information content (AvgIpc) is 2.65. The van der Waals surface area contributed by atoms with Crippen LogP contribution in [0.25, 0.3) is 0 Å². The maximum Gasteiger partial charge on any atom is 0.310 e. The molecule has 88 valence electrons. The van der Waals surface area contributed by atoms with Crippen LogP contribution in [0.4, 0.5) is 0 Å². The molecule has 3 unspecified atom stereocenters. The van der Waals surface area contributed by atoms with Gasteiger partial charge in [-0.2, -0.15) is 11.8 Å². The number of carboxylic acids is 1. The molecule has 1 aliphatic heterocycles. The van der Waals surface area contributed by atoms with Crippen LogP contribution in [0.15, 0.2) is 0 Å². The predicted octanol–water partition coefficient (Wildman–Crippen LogP) is 2.26. The number of thioether (sulfide) groups is 1. The number of carbonyl (C=O) groups is 1. The Morgan fingerprint density at radius 2 is 2.33 bits per heavy atom. The normalized spacial score (nSPS) is 27.9. The van der Waals surface area contributed by atoms with E-state index in [0.717, 1.165) is 18.6 Å². The zero-order valence-corrected chi connectivity index (χ0v) is 10.3. The molecule has 0 spiro atoms. The van der Waals surface area contributed by atoms with E-state index in [0.29, 0.717) is 18.3 Å². The summed E-state index contributed by atoms with van der Waals surface area (Å²) < 4.78 is 5.65. The van der Waals surface area contributed by atoms with Crippen molar-refractivity contribution in [3.63, 3.8) is 0 Å². The summed E-state index contributed by atoms with van der Waals surface area (Å²) in [5.41, 5.74) is 0. The first-order chi connectivity index (χ1) is 7.15. The molecule has 1 saturated heterocycles. The Kier molecular flexibility index (Phi) is 5.47. The van der Waals surface area contributed by atoms with E-state index in [1.807, 2.05) is 0 Å². The van der Waals surface area contributed by atoms with Gasteiger partial charge in [0.25, 0.3) is 0 Å². The summed E-state index contributed by atoms with van der Waals surface area (Å²) in [6, 6.07) is 0. The van der Waals surface area contributed by atoms with Crippen molar-refractivity contribution in [2.24, 2.45) is 11.8 Å². The Bertz CT molecular complexity index is 208. The zero-order valence-electron chi connectivity index (χ0n) is 9.44. The average molecular weight is 232 g/mol. The minimum absolute atomic E-state index is 0.0726. The number of hydrogen-bond acceptors (Lipinski definition) is 3. The van der Waals surface area contributed by atoms with Gasteiger partial charge < -0.3 is 9.84 Å². The fourth-order valence-electron chi connectivity index (χ4n) is 1.55. The molecule has 3 atom stereocenters. The van der Waals surface area contributed by atoms with Crippen LogP contribution in [0.3, 0.4) is 0 Å². The van der Waals surface area contributed by atoms with Crippen LogP contribution >= 0.6 is 11.8 Å². The molecule has 0 radical (unpaired) electrons. The maximum absolute atomic E-state index is 10.9. The summed E-state index contributed by atoms with van der Waals surface area (Å²) in [6.45, 7) is 5.06. The predicted molar refractivity (Wildman–Crippen MR) is 62.3 cm³/mol. The van der Waals surface area contributed by atoms with Crippen molar-refractivity contribution < 1.29 is 14.6 Å². The van der Waals surface area contributed by atoms with Crippen molar-refractivity contribution >= 4 is 17.7 Å². The van der Waals surface area contributed by atoms with E-state index in [2.05, 4.69) is 13.8 Å². The van der Waals surface area contributed by atoms with Gasteiger partial charge in [0.15, 0.2) is 0 Å². The quantitative estimate of drug-likeness (QED) is 0.763. The maximum atomic E-state index is 10.9. The third-order valence-electron chi connectivity index (χ3n) is 2.99. The third-order valence-corrected chi connectivity index (χ3v) is 4.14. The van der Waals surface area contributed by atoms with Crippen LogP contribution in [0.2, 0.25) is 0 Å². The molecule has 1 N–H and O–H groups in total. The van der Waals surface area contributed by atoms with Gasteiger partial charge in [-0.1, -0.05) is 20.3 Å². The van der Waals surface area contributed by atoms with Gasteiger partial charge in [-0.05, 0) is 12.3 Å². The molecule has 0 saturated carbocycles. The van der Waals surface area contributed by atoms with Crippen LogP contribution < -0.4 is 0 Å². The van der Waals surface area contributed by atoms with E-state index in [1.54, 1.807) is 11.8 Å². The molecular formula is C11H20O3S. The first-order valence-electron chi connectivity index (χ1n) is 5.57. The molecule has 4 heteroatoms. The highest BCUT2D eigenvalue weighted by molar-refractivity contribution is 7.99. The number of ether oxygens (including phenoxy) is 1. The Hall–Kier alpha value is -0.220. The van der Waals surface area contributed by atoms with Crippen molar-refractivity contribution in [3.8, 4) is 0 Å². The van der Waals surface area contributed by atoms with E-state index in [4.69, 9.17) is 9.84 Å². The lowest BCUT2D eigenvalue weighted by Gasteiger charge is -2.17. The highest BCUT2D eigenvalue weighted by Gasteiger charge is 2.34. The summed E-state index contributed by atoms with van der Waals surface area (Å²) in [5.74, 6) is 1.18. The molecule has 1 aliphatic rings. The molecule has 0 aromatic carbocycles. The Balaban J connectivity index is 2.23. The van der Waals surface area contributed by atoms with Gasteiger partial charge in [-0.3, -0.25) is 4.79 Å². The van der Waals surface area contributed by atoms with E-state index in [9.17, 15) is 4.79 Å². The topological polar surface area (TPSA) is 46.5 Å². The fourth-order valence-corrected chi connectivity index (χ4v) is 2.86. The third kappa shape index (κ3) is 4.03. The van der Waals surface area contributed by atoms with Crippen molar-refractivity contribution in [1.29, 1.82) is 0 Å². The second kappa shape index (κ2) is 6.38. The van der Waals surface area contributed by atoms with Gasteiger partial charge in [0.1, 0.15) is 0 Å². The summed E-state index contributed by atoms with van der Waals surface area (Å²) in [4.78, 5) is 10.9. The summed E-state index contributed by atoms with van der Waals surface area (Å²) in [6.07, 6.45) is 2.12. The monoisotopic (exact) mass is 232 g/mol. The molecule has 0 bridgehead atoms. The number of aliphatic carboxylic acids is 1. The lowest BCUT2D eigenvalue weighted by Crippen LogP contribution is -2.29. The first-order valence-corrected chi connectivity index (χ1v) is 6.72. The molecule has 0 amide bonds. The van der Waals surface area contributed by atoms with Gasteiger partial charge in [0.05, 0.1) is 12.0 Å². The van der Waals surface area contributed by atoms with Crippen molar-refractivity contribution in [2.75, 3.05) is 18.1 Å². The largest absolute Gasteiger partial charge is 0.481 e. The summed E-state index contributed by atoms with van der Waals surface area (Å²) >= 11 is 1.68. The zero-order chi connectivity index (χ0) is 11.3. The van der Waals surface area contributed by atoms with Crippen molar-refractivity contribution in [1.82, 2.24) is 0 Å². The second-order valence-corrected chi connectivity index (χ2v) is 5.27. The lowest BCUT2D eigenvalue weighted by atomic mass is 10.1. The van der Waals surface area contributed by atoms with Gasteiger partial charge in [-0.25, -0.2) is 0 Å². The molecule has 1 fully saturated rings. The standard InChI is InChI=1S/C11H20O3S/c1-3-8(2)4-5-14-10-7-15-6-9(10)11(12)13/h8-10H,3-7H2,1-2H3,(H,12,13). The van der Waals surface area contributed by atoms with Crippen LogP contribution in [0.5, 0.6) is 0 Å². The number of hydrogen-bond donors (Lipinski definition) is 1. The molecule has 0 aliphatic carbocycles. The highest BCUT2D eigenvalue weighted by atomic mass is 32.2. The molecule has 15 heavy (non-hydrogen) atoms. The van der Waals surface area contributed by atoms with Gasteiger partial charge in [0.2, 0.25) is 0 Å². The molecule has 0 aromatic heterocycles. The van der Waals surface area contributed by atoms with E-state index in [-0.39, 0.29) is 12.0 Å². The number of carboxylic acid groups (broad SMARTS) is 1. The smallest absolute Gasteiger partial charge is 0.310 e. The fraction of sp³-hybridized carbons (Fsp3) is 0.909. The minimum atomic E-state index is -0.714. The highest BCUT2D eigenvalue weighted by Crippen LogP contribution is 2.27.